The number of hydrogen-bond acceptors (Lipinski definition) is 6. The van der Waals surface area contributed by atoms with Gasteiger partial charge in [0.1, 0.15) is 11.5 Å². The molecular formula is C26H26N2O6. The highest BCUT2D eigenvalue weighted by atomic mass is 16.7. The second kappa shape index (κ2) is 11.5. The second-order valence-corrected chi connectivity index (χ2v) is 7.38. The molecule has 0 aromatic heterocycles. The Hall–Kier alpha value is -4.33. The van der Waals surface area contributed by atoms with Crippen LogP contribution < -0.4 is 20.1 Å². The summed E-state index contributed by atoms with van der Waals surface area (Å²) in [6, 6.07) is 18.5. The fourth-order valence-corrected chi connectivity index (χ4v) is 2.98. The predicted molar refractivity (Wildman–Crippen MR) is 129 cm³/mol. The van der Waals surface area contributed by atoms with Gasteiger partial charge in [0.15, 0.2) is 6.61 Å². The zero-order chi connectivity index (χ0) is 24.5. The van der Waals surface area contributed by atoms with Crippen molar-refractivity contribution in [3.8, 4) is 11.5 Å². The van der Waals surface area contributed by atoms with E-state index in [4.69, 9.17) is 14.2 Å². The van der Waals surface area contributed by atoms with Gasteiger partial charge >= 0.3 is 6.16 Å². The number of ether oxygens (including phenoxy) is 3. The van der Waals surface area contributed by atoms with Crippen molar-refractivity contribution in [3.05, 3.63) is 83.4 Å². The predicted octanol–water partition coefficient (Wildman–Crippen LogP) is 5.11. The van der Waals surface area contributed by atoms with E-state index in [2.05, 4.69) is 10.6 Å². The first-order valence-corrected chi connectivity index (χ1v) is 10.7. The molecular weight excluding hydrogens is 436 g/mol. The summed E-state index contributed by atoms with van der Waals surface area (Å²) in [5.74, 6) is 0.328. The Morgan fingerprint density at radius 2 is 1.47 bits per heavy atom. The van der Waals surface area contributed by atoms with Crippen LogP contribution in [0.25, 0.3) is 0 Å². The van der Waals surface area contributed by atoms with E-state index in [1.54, 1.807) is 31.2 Å². The van der Waals surface area contributed by atoms with Gasteiger partial charge in [-0.1, -0.05) is 12.1 Å². The SMILES string of the molecule is CCOC(=O)Oc1ccc(C(=O)Nc2ccc(NC(=O)COc3cccc(C)c3C)cc2)cc1. The zero-order valence-electron chi connectivity index (χ0n) is 19.2. The van der Waals surface area contributed by atoms with Crippen LogP contribution in [0.1, 0.15) is 28.4 Å². The molecule has 0 saturated carbocycles. The third-order valence-electron chi connectivity index (χ3n) is 4.92. The van der Waals surface area contributed by atoms with Gasteiger partial charge in [0, 0.05) is 16.9 Å². The Bertz CT molecular complexity index is 1160. The fourth-order valence-electron chi connectivity index (χ4n) is 2.98. The molecule has 0 bridgehead atoms. The summed E-state index contributed by atoms with van der Waals surface area (Å²) < 4.78 is 15.3. The lowest BCUT2D eigenvalue weighted by Crippen LogP contribution is -2.20. The number of aryl methyl sites for hydroxylation is 1. The van der Waals surface area contributed by atoms with Gasteiger partial charge in [-0.2, -0.15) is 0 Å². The normalized spacial score (nSPS) is 10.2. The van der Waals surface area contributed by atoms with Crippen molar-refractivity contribution >= 4 is 29.3 Å². The van der Waals surface area contributed by atoms with E-state index in [9.17, 15) is 14.4 Å². The Morgan fingerprint density at radius 3 is 2.12 bits per heavy atom. The first-order valence-electron chi connectivity index (χ1n) is 10.7. The molecule has 0 spiro atoms. The van der Waals surface area contributed by atoms with E-state index in [0.29, 0.717) is 22.7 Å². The van der Waals surface area contributed by atoms with Crippen LogP contribution in [0.15, 0.2) is 66.7 Å². The Kier molecular flexibility index (Phi) is 8.23. The summed E-state index contributed by atoms with van der Waals surface area (Å²) in [5, 5.41) is 5.53. The van der Waals surface area contributed by atoms with Crippen molar-refractivity contribution in [3.63, 3.8) is 0 Å². The number of anilines is 2. The average molecular weight is 463 g/mol. The number of benzene rings is 3. The van der Waals surface area contributed by atoms with Crippen LogP contribution in [0.5, 0.6) is 11.5 Å². The quantitative estimate of drug-likeness (QED) is 0.356. The molecule has 0 fully saturated rings. The molecule has 3 rings (SSSR count). The average Bonchev–Trinajstić information content (AvgIpc) is 2.82. The van der Waals surface area contributed by atoms with Gasteiger partial charge in [0.05, 0.1) is 6.61 Å². The Balaban J connectivity index is 1.50. The summed E-state index contributed by atoms with van der Waals surface area (Å²) in [7, 11) is 0. The van der Waals surface area contributed by atoms with Crippen LogP contribution in [-0.2, 0) is 9.53 Å². The van der Waals surface area contributed by atoms with Crippen LogP contribution in [0.4, 0.5) is 16.2 Å². The molecule has 0 saturated heterocycles. The van der Waals surface area contributed by atoms with Crippen molar-refractivity contribution in [2.45, 2.75) is 20.8 Å². The molecule has 0 radical (unpaired) electrons. The van der Waals surface area contributed by atoms with Gasteiger partial charge in [-0.05, 0) is 86.5 Å². The lowest BCUT2D eigenvalue weighted by molar-refractivity contribution is -0.118. The Labute approximate surface area is 197 Å². The molecule has 176 valence electrons. The van der Waals surface area contributed by atoms with Crippen LogP contribution in [-0.4, -0.2) is 31.2 Å². The van der Waals surface area contributed by atoms with E-state index in [0.717, 1.165) is 11.1 Å². The minimum absolute atomic E-state index is 0.112. The molecule has 2 N–H and O–H groups in total. The van der Waals surface area contributed by atoms with E-state index in [1.165, 1.54) is 24.3 Å². The van der Waals surface area contributed by atoms with Gasteiger partial charge in [-0.3, -0.25) is 9.59 Å². The topological polar surface area (TPSA) is 103 Å². The highest BCUT2D eigenvalue weighted by molar-refractivity contribution is 6.04. The molecule has 8 heteroatoms. The molecule has 2 amide bonds. The van der Waals surface area contributed by atoms with Gasteiger partial charge in [0.25, 0.3) is 11.8 Å². The molecule has 0 aliphatic heterocycles. The smallest absolute Gasteiger partial charge is 0.483 e. The molecule has 0 heterocycles. The molecule has 3 aromatic carbocycles. The van der Waals surface area contributed by atoms with Crippen molar-refractivity contribution in [1.82, 2.24) is 0 Å². The summed E-state index contributed by atoms with van der Waals surface area (Å²) >= 11 is 0. The summed E-state index contributed by atoms with van der Waals surface area (Å²) in [5.41, 5.74) is 3.61. The summed E-state index contributed by atoms with van der Waals surface area (Å²) in [6.45, 7) is 5.71. The minimum Gasteiger partial charge on any atom is -0.483 e. The Morgan fingerprint density at radius 1 is 0.824 bits per heavy atom. The monoisotopic (exact) mass is 462 g/mol. The molecule has 0 aliphatic carbocycles. The van der Waals surface area contributed by atoms with Gasteiger partial charge in [-0.25, -0.2) is 4.79 Å². The van der Waals surface area contributed by atoms with Gasteiger partial charge in [0.2, 0.25) is 0 Å². The number of rotatable bonds is 8. The standard InChI is InChI=1S/C26H26N2O6/c1-4-32-26(31)34-22-14-8-19(9-15-22)25(30)28-21-12-10-20(11-13-21)27-24(29)16-33-23-7-5-6-17(2)18(23)3/h5-15H,4,16H2,1-3H3,(H,27,29)(H,28,30). The van der Waals surface area contributed by atoms with Crippen molar-refractivity contribution in [1.29, 1.82) is 0 Å². The second-order valence-electron chi connectivity index (χ2n) is 7.38. The summed E-state index contributed by atoms with van der Waals surface area (Å²) in [4.78, 5) is 36.0. The van der Waals surface area contributed by atoms with Crippen molar-refractivity contribution < 1.29 is 28.6 Å². The third kappa shape index (κ3) is 6.83. The molecule has 3 aromatic rings. The molecule has 0 atom stereocenters. The van der Waals surface area contributed by atoms with Crippen molar-refractivity contribution in [2.24, 2.45) is 0 Å². The zero-order valence-corrected chi connectivity index (χ0v) is 19.2. The maximum absolute atomic E-state index is 12.5. The van der Waals surface area contributed by atoms with E-state index in [1.807, 2.05) is 32.0 Å². The van der Waals surface area contributed by atoms with E-state index >= 15 is 0 Å². The van der Waals surface area contributed by atoms with E-state index < -0.39 is 6.16 Å². The number of hydrogen-bond donors (Lipinski definition) is 2. The minimum atomic E-state index is -0.802. The number of amides is 2. The van der Waals surface area contributed by atoms with Crippen LogP contribution >= 0.6 is 0 Å². The molecule has 34 heavy (non-hydrogen) atoms. The van der Waals surface area contributed by atoms with Crippen molar-refractivity contribution in [2.75, 3.05) is 23.8 Å². The van der Waals surface area contributed by atoms with Gasteiger partial charge < -0.3 is 24.8 Å². The van der Waals surface area contributed by atoms with Crippen LogP contribution in [0, 0.1) is 13.8 Å². The molecule has 0 aliphatic rings. The molecule has 8 nitrogen and oxygen atoms in total. The largest absolute Gasteiger partial charge is 0.513 e. The van der Waals surface area contributed by atoms with Crippen LogP contribution in [0.2, 0.25) is 0 Å². The van der Waals surface area contributed by atoms with E-state index in [-0.39, 0.29) is 30.8 Å². The molecule has 0 unspecified atom stereocenters. The number of carbonyl (C=O) groups is 3. The summed E-state index contributed by atoms with van der Waals surface area (Å²) in [6.07, 6.45) is -0.802. The maximum Gasteiger partial charge on any atom is 0.513 e. The first-order chi connectivity index (χ1) is 16.4. The lowest BCUT2D eigenvalue weighted by Gasteiger charge is -2.11. The fraction of sp³-hybridized carbons (Fsp3) is 0.192. The number of nitrogens with one attached hydrogen (secondary N) is 2. The van der Waals surface area contributed by atoms with Crippen LogP contribution in [0.3, 0.4) is 0 Å². The number of carbonyl (C=O) groups excluding carboxylic acids is 3. The first kappa shape index (κ1) is 24.3. The third-order valence-corrected chi connectivity index (χ3v) is 4.92. The maximum atomic E-state index is 12.5. The highest BCUT2D eigenvalue weighted by Gasteiger charge is 2.10. The highest BCUT2D eigenvalue weighted by Crippen LogP contribution is 2.21. The lowest BCUT2D eigenvalue weighted by atomic mass is 10.1. The van der Waals surface area contributed by atoms with Gasteiger partial charge in [-0.15, -0.1) is 0 Å².